The van der Waals surface area contributed by atoms with E-state index in [9.17, 15) is 13.2 Å². The van der Waals surface area contributed by atoms with Gasteiger partial charge in [0.1, 0.15) is 6.61 Å². The number of carbonyl (C=O) groups is 1. The maximum atomic E-state index is 12.3. The molecule has 21 heavy (non-hydrogen) atoms. The van der Waals surface area contributed by atoms with Crippen molar-refractivity contribution in [3.63, 3.8) is 0 Å². The molecule has 0 aromatic heterocycles. The zero-order valence-electron chi connectivity index (χ0n) is 12.4. The van der Waals surface area contributed by atoms with Gasteiger partial charge in [0, 0.05) is 38.7 Å². The zero-order valence-corrected chi connectivity index (χ0v) is 13.2. The number of ether oxygens (including phenoxy) is 2. The molecule has 2 aliphatic rings. The first kappa shape index (κ1) is 16.3. The third kappa shape index (κ3) is 3.57. The van der Waals surface area contributed by atoms with Gasteiger partial charge in [0.05, 0.1) is 5.25 Å². The predicted molar refractivity (Wildman–Crippen MR) is 77.4 cm³/mol. The molecule has 0 N–H and O–H groups in total. The van der Waals surface area contributed by atoms with Crippen molar-refractivity contribution in [3.05, 3.63) is 0 Å². The van der Waals surface area contributed by atoms with E-state index in [1.807, 2.05) is 0 Å². The van der Waals surface area contributed by atoms with Crippen LogP contribution in [0, 0.1) is 11.8 Å². The molecule has 0 aromatic carbocycles. The van der Waals surface area contributed by atoms with Gasteiger partial charge in [-0.05, 0) is 25.2 Å². The van der Waals surface area contributed by atoms with Crippen LogP contribution in [-0.2, 0) is 24.1 Å². The minimum atomic E-state index is -3.18. The number of hydrogen-bond acceptors (Lipinski definition) is 5. The van der Waals surface area contributed by atoms with Gasteiger partial charge in [-0.3, -0.25) is 4.79 Å². The van der Waals surface area contributed by atoms with E-state index in [0.717, 1.165) is 0 Å². The highest BCUT2D eigenvalue weighted by Gasteiger charge is 2.50. The number of hydrogen-bond donors (Lipinski definition) is 0. The molecule has 1 unspecified atom stereocenters. The summed E-state index contributed by atoms with van der Waals surface area (Å²) in [7, 11) is -1.67. The molecule has 0 radical (unpaired) electrons. The highest BCUT2D eigenvalue weighted by molar-refractivity contribution is 7.91. The molecular formula is C14H21NO5S. The van der Waals surface area contributed by atoms with Crippen molar-refractivity contribution in [2.45, 2.75) is 30.1 Å². The molecule has 2 fully saturated rings. The Hall–Kier alpha value is -1.10. The maximum Gasteiger partial charge on any atom is 0.299 e. The SMILES string of the molecule is COCC#CC(=O)N1CC(S(C)(=O)=O)CC12CCOCC2. The lowest BCUT2D eigenvalue weighted by Crippen LogP contribution is -2.50. The molecule has 1 atom stereocenters. The van der Waals surface area contributed by atoms with Crippen molar-refractivity contribution in [1.82, 2.24) is 4.90 Å². The highest BCUT2D eigenvalue weighted by atomic mass is 32.2. The van der Waals surface area contributed by atoms with Crippen molar-refractivity contribution in [3.8, 4) is 11.8 Å². The van der Waals surface area contributed by atoms with Gasteiger partial charge in [-0.1, -0.05) is 5.92 Å². The van der Waals surface area contributed by atoms with Crippen LogP contribution in [0.1, 0.15) is 19.3 Å². The molecule has 2 rings (SSSR count). The van der Waals surface area contributed by atoms with E-state index in [0.29, 0.717) is 32.5 Å². The Balaban J connectivity index is 2.23. The van der Waals surface area contributed by atoms with Gasteiger partial charge in [0.2, 0.25) is 0 Å². The average molecular weight is 315 g/mol. The molecule has 1 spiro atoms. The van der Waals surface area contributed by atoms with Gasteiger partial charge in [0.15, 0.2) is 9.84 Å². The summed E-state index contributed by atoms with van der Waals surface area (Å²) in [5, 5.41) is -0.510. The molecule has 7 heteroatoms. The van der Waals surface area contributed by atoms with Crippen molar-refractivity contribution < 1.29 is 22.7 Å². The number of sulfone groups is 1. The average Bonchev–Trinajstić information content (AvgIpc) is 2.79. The monoisotopic (exact) mass is 315 g/mol. The van der Waals surface area contributed by atoms with E-state index in [1.54, 1.807) is 4.90 Å². The number of nitrogens with zero attached hydrogens (tertiary/aromatic N) is 1. The van der Waals surface area contributed by atoms with Gasteiger partial charge in [-0.2, -0.15) is 0 Å². The fourth-order valence-corrected chi connectivity index (χ4v) is 4.09. The van der Waals surface area contributed by atoms with Crippen LogP contribution in [-0.4, -0.2) is 69.7 Å². The molecule has 2 aliphatic heterocycles. The maximum absolute atomic E-state index is 12.3. The molecule has 2 heterocycles. The van der Waals surface area contributed by atoms with Gasteiger partial charge in [-0.15, -0.1) is 0 Å². The van der Waals surface area contributed by atoms with Gasteiger partial charge in [-0.25, -0.2) is 8.42 Å². The van der Waals surface area contributed by atoms with E-state index >= 15 is 0 Å². The first-order valence-electron chi connectivity index (χ1n) is 6.95. The van der Waals surface area contributed by atoms with E-state index in [1.165, 1.54) is 13.4 Å². The summed E-state index contributed by atoms with van der Waals surface area (Å²) < 4.78 is 33.9. The van der Waals surface area contributed by atoms with Crippen molar-refractivity contribution in [2.24, 2.45) is 0 Å². The Morgan fingerprint density at radius 1 is 1.43 bits per heavy atom. The summed E-state index contributed by atoms with van der Waals surface area (Å²) in [5.74, 6) is 4.87. The molecule has 0 saturated carbocycles. The second-order valence-corrected chi connectivity index (χ2v) is 7.97. The second kappa shape index (κ2) is 6.34. The Bertz CT molecular complexity index is 554. The normalized spacial score (nSPS) is 24.7. The number of amides is 1. The van der Waals surface area contributed by atoms with E-state index in [2.05, 4.69) is 11.8 Å². The number of methoxy groups -OCH3 is 1. The molecule has 118 valence electrons. The summed E-state index contributed by atoms with van der Waals surface area (Å²) in [6, 6.07) is 0. The smallest absolute Gasteiger partial charge is 0.299 e. The Morgan fingerprint density at radius 3 is 2.67 bits per heavy atom. The van der Waals surface area contributed by atoms with Crippen LogP contribution in [0.2, 0.25) is 0 Å². The quantitative estimate of drug-likeness (QED) is 0.662. The predicted octanol–water partition coefficient (Wildman–Crippen LogP) is -0.169. The minimum absolute atomic E-state index is 0.186. The molecular weight excluding hydrogens is 294 g/mol. The fraction of sp³-hybridized carbons (Fsp3) is 0.786. The number of rotatable bonds is 2. The lowest BCUT2D eigenvalue weighted by molar-refractivity contribution is -0.132. The summed E-state index contributed by atoms with van der Waals surface area (Å²) in [4.78, 5) is 14.0. The summed E-state index contributed by atoms with van der Waals surface area (Å²) >= 11 is 0. The van der Waals surface area contributed by atoms with Gasteiger partial charge < -0.3 is 14.4 Å². The van der Waals surface area contributed by atoms with Crippen molar-refractivity contribution in [1.29, 1.82) is 0 Å². The summed E-state index contributed by atoms with van der Waals surface area (Å²) in [5.41, 5.74) is -0.426. The lowest BCUT2D eigenvalue weighted by atomic mass is 9.87. The Kier molecular flexibility index (Phi) is 4.91. The zero-order chi connectivity index (χ0) is 15.5. The first-order chi connectivity index (χ1) is 9.89. The largest absolute Gasteiger partial charge is 0.381 e. The number of carbonyl (C=O) groups excluding carboxylic acids is 1. The third-order valence-electron chi connectivity index (χ3n) is 4.25. The minimum Gasteiger partial charge on any atom is -0.381 e. The van der Waals surface area contributed by atoms with Crippen LogP contribution in [0.3, 0.4) is 0 Å². The van der Waals surface area contributed by atoms with E-state index in [4.69, 9.17) is 9.47 Å². The molecule has 0 bridgehead atoms. The molecule has 1 amide bonds. The van der Waals surface area contributed by atoms with Crippen molar-refractivity contribution in [2.75, 3.05) is 39.7 Å². The summed E-state index contributed by atoms with van der Waals surface area (Å²) in [6.07, 6.45) is 3.04. The van der Waals surface area contributed by atoms with Crippen LogP contribution in [0.15, 0.2) is 0 Å². The number of likely N-dealkylation sites (tertiary alicyclic amines) is 1. The van der Waals surface area contributed by atoms with Gasteiger partial charge in [0.25, 0.3) is 5.91 Å². The Morgan fingerprint density at radius 2 is 2.10 bits per heavy atom. The van der Waals surface area contributed by atoms with Crippen LogP contribution >= 0.6 is 0 Å². The van der Waals surface area contributed by atoms with Crippen LogP contribution in [0.4, 0.5) is 0 Å². The Labute approximate surface area is 125 Å². The van der Waals surface area contributed by atoms with Gasteiger partial charge >= 0.3 is 0 Å². The highest BCUT2D eigenvalue weighted by Crippen LogP contribution is 2.40. The topological polar surface area (TPSA) is 72.9 Å². The van der Waals surface area contributed by atoms with E-state index in [-0.39, 0.29) is 19.1 Å². The molecule has 2 saturated heterocycles. The van der Waals surface area contributed by atoms with Crippen molar-refractivity contribution >= 4 is 15.7 Å². The molecule has 6 nitrogen and oxygen atoms in total. The molecule has 0 aliphatic carbocycles. The van der Waals surface area contributed by atoms with Crippen LogP contribution in [0.25, 0.3) is 0 Å². The standard InChI is InChI=1S/C14H21NO5S/c1-19-7-3-4-13(16)15-11-12(21(2,17)18)10-14(15)5-8-20-9-6-14/h12H,5-11H2,1-2H3. The molecule has 0 aromatic rings. The van der Waals surface area contributed by atoms with Crippen LogP contribution in [0.5, 0.6) is 0 Å². The van der Waals surface area contributed by atoms with E-state index < -0.39 is 20.6 Å². The second-order valence-electron chi connectivity index (χ2n) is 5.64. The summed E-state index contributed by atoms with van der Waals surface area (Å²) in [6.45, 7) is 1.50. The fourth-order valence-electron chi connectivity index (χ4n) is 3.06. The first-order valence-corrected chi connectivity index (χ1v) is 8.90. The lowest BCUT2D eigenvalue weighted by Gasteiger charge is -2.40. The third-order valence-corrected chi connectivity index (χ3v) is 5.78. The van der Waals surface area contributed by atoms with Crippen LogP contribution < -0.4 is 0 Å².